The van der Waals surface area contributed by atoms with E-state index in [9.17, 15) is 0 Å². The minimum Gasteiger partial charge on any atom is -0.357 e. The van der Waals surface area contributed by atoms with Crippen LogP contribution < -0.4 is 10.2 Å². The van der Waals surface area contributed by atoms with E-state index >= 15 is 0 Å². The zero-order chi connectivity index (χ0) is 14.7. The van der Waals surface area contributed by atoms with Crippen LogP contribution in [0.2, 0.25) is 5.02 Å². The molecule has 5 heteroatoms. The van der Waals surface area contributed by atoms with E-state index in [1.54, 1.807) is 0 Å². The lowest BCUT2D eigenvalue weighted by Crippen LogP contribution is -2.23. The average molecular weight is 291 g/mol. The van der Waals surface area contributed by atoms with E-state index in [0.717, 1.165) is 22.1 Å². The van der Waals surface area contributed by atoms with Crippen LogP contribution in [0, 0.1) is 6.92 Å². The van der Waals surface area contributed by atoms with E-state index in [4.69, 9.17) is 11.6 Å². The van der Waals surface area contributed by atoms with Gasteiger partial charge in [0, 0.05) is 30.9 Å². The van der Waals surface area contributed by atoms with Crippen LogP contribution in [0.25, 0.3) is 0 Å². The summed E-state index contributed by atoms with van der Waals surface area (Å²) < 4.78 is 0. The lowest BCUT2D eigenvalue weighted by atomic mass is 10.1. The second-order valence-electron chi connectivity index (χ2n) is 4.75. The second kappa shape index (κ2) is 6.09. The molecule has 2 aromatic rings. The van der Waals surface area contributed by atoms with Crippen molar-refractivity contribution in [1.82, 2.24) is 9.97 Å². The average Bonchev–Trinajstić information content (AvgIpc) is 2.45. The summed E-state index contributed by atoms with van der Waals surface area (Å²) in [4.78, 5) is 10.9. The molecular weight excluding hydrogens is 272 g/mol. The number of nitrogens with one attached hydrogen (secondary N) is 1. The molecule has 0 spiro atoms. The number of nitrogens with zero attached hydrogens (tertiary/aromatic N) is 3. The van der Waals surface area contributed by atoms with Gasteiger partial charge in [-0.25, -0.2) is 4.98 Å². The molecule has 2 rings (SSSR count). The Bertz CT molecular complexity index is 600. The minimum absolute atomic E-state index is 0.128. The van der Waals surface area contributed by atoms with Crippen LogP contribution in [0.5, 0.6) is 0 Å². The van der Waals surface area contributed by atoms with E-state index in [0.29, 0.717) is 5.95 Å². The van der Waals surface area contributed by atoms with Gasteiger partial charge >= 0.3 is 0 Å². The lowest BCUT2D eigenvalue weighted by Gasteiger charge is -2.27. The molecule has 0 radical (unpaired) electrons. The van der Waals surface area contributed by atoms with Crippen molar-refractivity contribution in [2.45, 2.75) is 19.9 Å². The first-order valence-electron chi connectivity index (χ1n) is 6.53. The Balaban J connectivity index is 2.33. The van der Waals surface area contributed by atoms with Gasteiger partial charge in [-0.15, -0.1) is 0 Å². The molecular formula is C15H19ClN4. The van der Waals surface area contributed by atoms with Gasteiger partial charge in [0.15, 0.2) is 0 Å². The monoisotopic (exact) mass is 290 g/mol. The fourth-order valence-electron chi connectivity index (χ4n) is 2.07. The Morgan fingerprint density at radius 1 is 1.25 bits per heavy atom. The molecule has 0 bridgehead atoms. The molecule has 4 nitrogen and oxygen atoms in total. The summed E-state index contributed by atoms with van der Waals surface area (Å²) in [7, 11) is 3.82. The van der Waals surface area contributed by atoms with Gasteiger partial charge in [0.2, 0.25) is 5.95 Å². The van der Waals surface area contributed by atoms with Crippen LogP contribution in [0.1, 0.15) is 24.2 Å². The molecule has 0 aliphatic rings. The van der Waals surface area contributed by atoms with E-state index < -0.39 is 0 Å². The summed E-state index contributed by atoms with van der Waals surface area (Å²) in [6.07, 6.45) is 0. The SMILES string of the molecule is CNc1nc(C)cc(N(C)C(C)c2ccccc2Cl)n1. The Morgan fingerprint density at radius 2 is 1.95 bits per heavy atom. The van der Waals surface area contributed by atoms with Crippen molar-refractivity contribution in [3.8, 4) is 0 Å². The van der Waals surface area contributed by atoms with Crippen LogP contribution in [0.15, 0.2) is 30.3 Å². The van der Waals surface area contributed by atoms with Gasteiger partial charge in [0.25, 0.3) is 0 Å². The molecule has 0 amide bonds. The molecule has 0 aliphatic heterocycles. The summed E-state index contributed by atoms with van der Waals surface area (Å²) >= 11 is 6.27. The molecule has 1 unspecified atom stereocenters. The maximum absolute atomic E-state index is 6.27. The third-order valence-corrected chi connectivity index (χ3v) is 3.71. The molecule has 1 atom stereocenters. The van der Waals surface area contributed by atoms with Gasteiger partial charge in [0.1, 0.15) is 5.82 Å². The Hall–Kier alpha value is -1.81. The normalized spacial score (nSPS) is 12.1. The highest BCUT2D eigenvalue weighted by atomic mass is 35.5. The Kier molecular flexibility index (Phi) is 4.45. The molecule has 0 aliphatic carbocycles. The van der Waals surface area contributed by atoms with Crippen molar-refractivity contribution >= 4 is 23.4 Å². The first-order valence-corrected chi connectivity index (χ1v) is 6.91. The largest absolute Gasteiger partial charge is 0.357 e. The number of halogens is 1. The van der Waals surface area contributed by atoms with Gasteiger partial charge in [-0.3, -0.25) is 0 Å². The summed E-state index contributed by atoms with van der Waals surface area (Å²) in [5.74, 6) is 1.49. The highest BCUT2D eigenvalue weighted by Crippen LogP contribution is 2.29. The predicted octanol–water partition coefficient (Wildman–Crippen LogP) is 3.68. The Morgan fingerprint density at radius 3 is 2.60 bits per heavy atom. The molecule has 0 fully saturated rings. The van der Waals surface area contributed by atoms with Crippen molar-refractivity contribution in [3.05, 3.63) is 46.6 Å². The molecule has 20 heavy (non-hydrogen) atoms. The van der Waals surface area contributed by atoms with Crippen molar-refractivity contribution in [3.63, 3.8) is 0 Å². The molecule has 106 valence electrons. The van der Waals surface area contributed by atoms with E-state index in [2.05, 4.69) is 27.1 Å². The maximum Gasteiger partial charge on any atom is 0.224 e. The summed E-state index contributed by atoms with van der Waals surface area (Å²) in [5.41, 5.74) is 2.01. The zero-order valence-corrected chi connectivity index (χ0v) is 12.9. The van der Waals surface area contributed by atoms with E-state index in [-0.39, 0.29) is 6.04 Å². The second-order valence-corrected chi connectivity index (χ2v) is 5.16. The summed E-state index contributed by atoms with van der Waals surface area (Å²) in [6, 6.07) is 9.97. The van der Waals surface area contributed by atoms with Crippen LogP contribution in [-0.4, -0.2) is 24.1 Å². The quantitative estimate of drug-likeness (QED) is 0.933. The third-order valence-electron chi connectivity index (χ3n) is 3.36. The van der Waals surface area contributed by atoms with Crippen LogP contribution >= 0.6 is 11.6 Å². The van der Waals surface area contributed by atoms with Gasteiger partial charge < -0.3 is 10.2 Å². The van der Waals surface area contributed by atoms with Crippen LogP contribution in [0.4, 0.5) is 11.8 Å². The topological polar surface area (TPSA) is 41.1 Å². The number of aromatic nitrogens is 2. The van der Waals surface area contributed by atoms with Crippen molar-refractivity contribution in [2.75, 3.05) is 24.3 Å². The minimum atomic E-state index is 0.128. The number of hydrogen-bond donors (Lipinski definition) is 1. The number of rotatable bonds is 4. The molecule has 1 heterocycles. The van der Waals surface area contributed by atoms with Crippen molar-refractivity contribution < 1.29 is 0 Å². The Labute approximate surface area is 124 Å². The van der Waals surface area contributed by atoms with Crippen molar-refractivity contribution in [2.24, 2.45) is 0 Å². The van der Waals surface area contributed by atoms with Gasteiger partial charge in [-0.05, 0) is 25.5 Å². The molecule has 1 aromatic heterocycles. The smallest absolute Gasteiger partial charge is 0.224 e. The fraction of sp³-hybridized carbons (Fsp3) is 0.333. The van der Waals surface area contributed by atoms with Gasteiger partial charge in [-0.1, -0.05) is 29.8 Å². The molecule has 0 saturated carbocycles. The fourth-order valence-corrected chi connectivity index (χ4v) is 2.36. The zero-order valence-electron chi connectivity index (χ0n) is 12.2. The van der Waals surface area contributed by atoms with E-state index in [1.807, 2.05) is 51.4 Å². The molecule has 0 saturated heterocycles. The van der Waals surface area contributed by atoms with Gasteiger partial charge in [-0.2, -0.15) is 4.98 Å². The number of hydrogen-bond acceptors (Lipinski definition) is 4. The lowest BCUT2D eigenvalue weighted by molar-refractivity contribution is 0.727. The predicted molar refractivity (Wildman–Crippen MR) is 84.6 cm³/mol. The highest BCUT2D eigenvalue weighted by molar-refractivity contribution is 6.31. The third kappa shape index (κ3) is 3.02. The number of aryl methyl sites for hydroxylation is 1. The summed E-state index contributed by atoms with van der Waals surface area (Å²) in [5, 5.41) is 3.75. The van der Waals surface area contributed by atoms with Crippen LogP contribution in [-0.2, 0) is 0 Å². The first-order chi connectivity index (χ1) is 9.52. The molecule has 1 aromatic carbocycles. The molecule has 1 N–H and O–H groups in total. The van der Waals surface area contributed by atoms with Crippen LogP contribution in [0.3, 0.4) is 0 Å². The van der Waals surface area contributed by atoms with E-state index in [1.165, 1.54) is 0 Å². The van der Waals surface area contributed by atoms with Gasteiger partial charge in [0.05, 0.1) is 6.04 Å². The van der Waals surface area contributed by atoms with Crippen molar-refractivity contribution in [1.29, 1.82) is 0 Å². The first kappa shape index (κ1) is 14.6. The number of anilines is 2. The number of benzene rings is 1. The summed E-state index contributed by atoms with van der Waals surface area (Å²) in [6.45, 7) is 4.07. The standard InChI is InChI=1S/C15H19ClN4/c1-10-9-14(19-15(17-3)18-10)20(4)11(2)12-7-5-6-8-13(12)16/h5-9,11H,1-4H3,(H,17,18,19). The maximum atomic E-state index is 6.27. The highest BCUT2D eigenvalue weighted by Gasteiger charge is 2.16.